The Bertz CT molecular complexity index is 698. The Kier molecular flexibility index (Phi) is 3.85. The number of fused-ring (bicyclic) bond motifs is 1. The summed E-state index contributed by atoms with van der Waals surface area (Å²) in [6, 6.07) is 11.0. The summed E-state index contributed by atoms with van der Waals surface area (Å²) in [5, 5.41) is 11.5. The second kappa shape index (κ2) is 5.77. The normalized spacial score (nSPS) is 12.9. The molecule has 0 radical (unpaired) electrons. The average molecular weight is 285 g/mol. The number of rotatable bonds is 5. The molecule has 3 aromatic rings. The third-order valence-electron chi connectivity index (χ3n) is 3.57. The Morgan fingerprint density at radius 1 is 1.30 bits per heavy atom. The lowest BCUT2D eigenvalue weighted by Gasteiger charge is -2.20. The smallest absolute Gasteiger partial charge is 0.0762 e. The highest BCUT2D eigenvalue weighted by molar-refractivity contribution is 7.17. The maximum Gasteiger partial charge on any atom is 0.0762 e. The monoisotopic (exact) mass is 285 g/mol. The summed E-state index contributed by atoms with van der Waals surface area (Å²) >= 11 is 1.81. The molecule has 2 aromatic heterocycles. The minimum absolute atomic E-state index is 0.199. The standard InChI is InChI=1S/C16H19N3S/c1-3-9-17-15(14-7-10-18-19(14)2)13-6-4-5-12-8-11-20-16(12)13/h4-8,10-11,15,17H,3,9H2,1-2H3. The van der Waals surface area contributed by atoms with Gasteiger partial charge in [-0.15, -0.1) is 11.3 Å². The molecule has 0 saturated heterocycles. The highest BCUT2D eigenvalue weighted by atomic mass is 32.1. The topological polar surface area (TPSA) is 29.9 Å². The second-order valence-corrected chi connectivity index (χ2v) is 5.87. The van der Waals surface area contributed by atoms with Crippen LogP contribution in [0.5, 0.6) is 0 Å². The van der Waals surface area contributed by atoms with E-state index in [0.717, 1.165) is 13.0 Å². The first kappa shape index (κ1) is 13.3. The minimum atomic E-state index is 0.199. The van der Waals surface area contributed by atoms with Crippen LogP contribution in [0.25, 0.3) is 10.1 Å². The Labute approximate surface area is 123 Å². The van der Waals surface area contributed by atoms with Crippen molar-refractivity contribution >= 4 is 21.4 Å². The fourth-order valence-electron chi connectivity index (χ4n) is 2.57. The molecule has 1 aromatic carbocycles. The quantitative estimate of drug-likeness (QED) is 0.774. The van der Waals surface area contributed by atoms with Gasteiger partial charge >= 0.3 is 0 Å². The van der Waals surface area contributed by atoms with Gasteiger partial charge in [-0.05, 0) is 41.4 Å². The van der Waals surface area contributed by atoms with Gasteiger partial charge in [0, 0.05) is 17.9 Å². The van der Waals surface area contributed by atoms with E-state index in [-0.39, 0.29) is 6.04 Å². The summed E-state index contributed by atoms with van der Waals surface area (Å²) in [6.07, 6.45) is 2.99. The number of hydrogen-bond acceptors (Lipinski definition) is 3. The van der Waals surface area contributed by atoms with Crippen LogP contribution in [-0.2, 0) is 7.05 Å². The highest BCUT2D eigenvalue weighted by Crippen LogP contribution is 2.32. The summed E-state index contributed by atoms with van der Waals surface area (Å²) in [5.41, 5.74) is 2.55. The minimum Gasteiger partial charge on any atom is -0.305 e. The maximum atomic E-state index is 4.32. The van der Waals surface area contributed by atoms with Gasteiger partial charge < -0.3 is 5.32 Å². The zero-order chi connectivity index (χ0) is 13.9. The molecule has 3 rings (SSSR count). The molecule has 0 amide bonds. The van der Waals surface area contributed by atoms with E-state index in [4.69, 9.17) is 0 Å². The number of hydrogen-bond donors (Lipinski definition) is 1. The fourth-order valence-corrected chi connectivity index (χ4v) is 3.52. The van der Waals surface area contributed by atoms with Crippen molar-refractivity contribution in [2.45, 2.75) is 19.4 Å². The van der Waals surface area contributed by atoms with Crippen LogP contribution in [0.1, 0.15) is 30.6 Å². The molecule has 4 heteroatoms. The number of benzene rings is 1. The van der Waals surface area contributed by atoms with Gasteiger partial charge in [-0.3, -0.25) is 4.68 Å². The Morgan fingerprint density at radius 3 is 2.95 bits per heavy atom. The molecule has 0 aliphatic carbocycles. The summed E-state index contributed by atoms with van der Waals surface area (Å²) in [5.74, 6) is 0. The predicted molar refractivity (Wildman–Crippen MR) is 85.2 cm³/mol. The molecular weight excluding hydrogens is 266 g/mol. The average Bonchev–Trinajstić information content (AvgIpc) is 3.09. The highest BCUT2D eigenvalue weighted by Gasteiger charge is 2.19. The Morgan fingerprint density at radius 2 is 2.20 bits per heavy atom. The van der Waals surface area contributed by atoms with Crippen molar-refractivity contribution in [2.24, 2.45) is 7.05 Å². The van der Waals surface area contributed by atoms with Crippen molar-refractivity contribution in [3.05, 3.63) is 53.2 Å². The van der Waals surface area contributed by atoms with Crippen molar-refractivity contribution in [3.8, 4) is 0 Å². The summed E-state index contributed by atoms with van der Waals surface area (Å²) in [4.78, 5) is 0. The molecule has 1 unspecified atom stereocenters. The molecule has 0 fully saturated rings. The number of aryl methyl sites for hydroxylation is 1. The third-order valence-corrected chi connectivity index (χ3v) is 4.55. The molecule has 0 spiro atoms. The zero-order valence-corrected chi connectivity index (χ0v) is 12.7. The molecule has 0 bridgehead atoms. The lowest BCUT2D eigenvalue weighted by Crippen LogP contribution is -2.25. The third kappa shape index (κ3) is 2.37. The van der Waals surface area contributed by atoms with Crippen molar-refractivity contribution in [1.82, 2.24) is 15.1 Å². The SMILES string of the molecule is CCCNC(c1cccc2ccsc12)c1ccnn1C. The van der Waals surface area contributed by atoms with Crippen LogP contribution < -0.4 is 5.32 Å². The molecule has 1 N–H and O–H groups in total. The maximum absolute atomic E-state index is 4.32. The van der Waals surface area contributed by atoms with Gasteiger partial charge in [-0.2, -0.15) is 5.10 Å². The van der Waals surface area contributed by atoms with Crippen molar-refractivity contribution in [3.63, 3.8) is 0 Å². The van der Waals surface area contributed by atoms with E-state index in [1.807, 2.05) is 29.3 Å². The molecular formula is C16H19N3S. The van der Waals surface area contributed by atoms with Gasteiger partial charge in [-0.25, -0.2) is 0 Å². The van der Waals surface area contributed by atoms with Crippen molar-refractivity contribution in [2.75, 3.05) is 6.54 Å². The first-order chi connectivity index (χ1) is 9.81. The molecule has 0 saturated carbocycles. The molecule has 0 aliphatic heterocycles. The number of thiophene rings is 1. The summed E-state index contributed by atoms with van der Waals surface area (Å²) in [7, 11) is 2.00. The Balaban J connectivity index is 2.09. The first-order valence-corrected chi connectivity index (χ1v) is 7.86. The number of aromatic nitrogens is 2. The molecule has 1 atom stereocenters. The fraction of sp³-hybridized carbons (Fsp3) is 0.312. The van der Waals surface area contributed by atoms with Crippen LogP contribution in [0.15, 0.2) is 41.9 Å². The van der Waals surface area contributed by atoms with E-state index in [2.05, 4.69) is 53.1 Å². The van der Waals surface area contributed by atoms with E-state index in [1.165, 1.54) is 21.3 Å². The van der Waals surface area contributed by atoms with E-state index in [0.29, 0.717) is 0 Å². The van der Waals surface area contributed by atoms with Crippen LogP contribution >= 0.6 is 11.3 Å². The summed E-state index contributed by atoms with van der Waals surface area (Å²) < 4.78 is 3.32. The molecule has 0 aliphatic rings. The molecule has 104 valence electrons. The number of nitrogens with one attached hydrogen (secondary N) is 1. The largest absolute Gasteiger partial charge is 0.305 e. The van der Waals surface area contributed by atoms with Crippen LogP contribution in [0, 0.1) is 0 Å². The lowest BCUT2D eigenvalue weighted by atomic mass is 10.0. The van der Waals surface area contributed by atoms with E-state index in [1.54, 1.807) is 0 Å². The van der Waals surface area contributed by atoms with Crippen LogP contribution in [0.4, 0.5) is 0 Å². The van der Waals surface area contributed by atoms with Crippen LogP contribution in [-0.4, -0.2) is 16.3 Å². The van der Waals surface area contributed by atoms with Gasteiger partial charge in [0.25, 0.3) is 0 Å². The predicted octanol–water partition coefficient (Wildman–Crippen LogP) is 3.72. The first-order valence-electron chi connectivity index (χ1n) is 6.98. The van der Waals surface area contributed by atoms with Gasteiger partial charge in [0.15, 0.2) is 0 Å². The zero-order valence-electron chi connectivity index (χ0n) is 11.8. The molecule has 2 heterocycles. The van der Waals surface area contributed by atoms with E-state index < -0.39 is 0 Å². The van der Waals surface area contributed by atoms with Crippen LogP contribution in [0.2, 0.25) is 0 Å². The second-order valence-electron chi connectivity index (χ2n) is 4.95. The van der Waals surface area contributed by atoms with Gasteiger partial charge in [0.05, 0.1) is 11.7 Å². The number of nitrogens with zero attached hydrogens (tertiary/aromatic N) is 2. The van der Waals surface area contributed by atoms with Gasteiger partial charge in [0.2, 0.25) is 0 Å². The molecule has 3 nitrogen and oxygen atoms in total. The molecule has 20 heavy (non-hydrogen) atoms. The lowest BCUT2D eigenvalue weighted by molar-refractivity contribution is 0.556. The van der Waals surface area contributed by atoms with Gasteiger partial charge in [-0.1, -0.05) is 25.1 Å². The van der Waals surface area contributed by atoms with Crippen LogP contribution in [0.3, 0.4) is 0 Å². The van der Waals surface area contributed by atoms with Crippen molar-refractivity contribution in [1.29, 1.82) is 0 Å². The van der Waals surface area contributed by atoms with E-state index >= 15 is 0 Å². The van der Waals surface area contributed by atoms with E-state index in [9.17, 15) is 0 Å². The Hall–Kier alpha value is -1.65. The van der Waals surface area contributed by atoms with Crippen molar-refractivity contribution < 1.29 is 0 Å². The van der Waals surface area contributed by atoms with Gasteiger partial charge in [0.1, 0.15) is 0 Å². The summed E-state index contributed by atoms with van der Waals surface area (Å²) in [6.45, 7) is 3.19.